The van der Waals surface area contributed by atoms with Crippen molar-refractivity contribution in [3.63, 3.8) is 0 Å². The van der Waals surface area contributed by atoms with E-state index in [0.29, 0.717) is 45.3 Å². The second-order valence-electron chi connectivity index (χ2n) is 8.14. The lowest BCUT2D eigenvalue weighted by Crippen LogP contribution is -2.35. The first-order valence-corrected chi connectivity index (χ1v) is 12.9. The van der Waals surface area contributed by atoms with Gasteiger partial charge in [0.15, 0.2) is 18.1 Å². The third kappa shape index (κ3) is 6.57. The van der Waals surface area contributed by atoms with Crippen LogP contribution in [0.1, 0.15) is 25.3 Å². The number of benzene rings is 2. The van der Waals surface area contributed by atoms with Gasteiger partial charge in [-0.15, -0.1) is 0 Å². The van der Waals surface area contributed by atoms with E-state index in [-0.39, 0.29) is 24.5 Å². The van der Waals surface area contributed by atoms with Gasteiger partial charge in [0.1, 0.15) is 10.1 Å². The fraction of sp³-hybridized carbons (Fsp3) is 0.346. The molecule has 0 unspecified atom stereocenters. The second-order valence-corrected chi connectivity index (χ2v) is 9.81. The van der Waals surface area contributed by atoms with Crippen LogP contribution in [0.4, 0.5) is 5.69 Å². The van der Waals surface area contributed by atoms with Gasteiger partial charge in [-0.05, 0) is 55.7 Å². The molecule has 2 saturated heterocycles. The van der Waals surface area contributed by atoms with Gasteiger partial charge in [-0.2, -0.15) is 0 Å². The molecule has 2 amide bonds. The van der Waals surface area contributed by atoms with E-state index < -0.39 is 0 Å². The molecule has 2 aromatic rings. The number of anilines is 1. The molecule has 0 spiro atoms. The predicted octanol–water partition coefficient (Wildman–Crippen LogP) is 4.49. The van der Waals surface area contributed by atoms with Crippen LogP contribution in [-0.2, 0) is 14.3 Å². The first-order valence-electron chi connectivity index (χ1n) is 11.7. The van der Waals surface area contributed by atoms with Crippen LogP contribution in [-0.4, -0.2) is 60.6 Å². The summed E-state index contributed by atoms with van der Waals surface area (Å²) in [6.45, 7) is 3.30. The highest BCUT2D eigenvalue weighted by atomic mass is 32.2. The fourth-order valence-electron chi connectivity index (χ4n) is 3.84. The number of nitrogens with zero attached hydrogens (tertiary/aromatic N) is 1. The summed E-state index contributed by atoms with van der Waals surface area (Å²) in [5.41, 5.74) is 1.38. The lowest BCUT2D eigenvalue weighted by molar-refractivity contribution is -0.123. The van der Waals surface area contributed by atoms with E-state index in [9.17, 15) is 9.59 Å². The average molecular weight is 529 g/mol. The number of methoxy groups -OCH3 is 1. The van der Waals surface area contributed by atoms with Crippen molar-refractivity contribution in [1.29, 1.82) is 0 Å². The monoisotopic (exact) mass is 528 g/mol. The zero-order valence-corrected chi connectivity index (χ0v) is 21.8. The highest BCUT2D eigenvalue weighted by Crippen LogP contribution is 2.35. The molecule has 36 heavy (non-hydrogen) atoms. The van der Waals surface area contributed by atoms with E-state index >= 15 is 0 Å². The van der Waals surface area contributed by atoms with Gasteiger partial charge in [0.2, 0.25) is 0 Å². The summed E-state index contributed by atoms with van der Waals surface area (Å²) in [6.07, 6.45) is 3.77. The van der Waals surface area contributed by atoms with E-state index in [1.54, 1.807) is 54.5 Å². The van der Waals surface area contributed by atoms with Gasteiger partial charge in [-0.3, -0.25) is 14.5 Å². The van der Waals surface area contributed by atoms with Gasteiger partial charge in [0.25, 0.3) is 11.8 Å². The van der Waals surface area contributed by atoms with Gasteiger partial charge in [0, 0.05) is 18.4 Å². The summed E-state index contributed by atoms with van der Waals surface area (Å²) in [6, 6.07) is 12.4. The Kier molecular flexibility index (Phi) is 8.84. The van der Waals surface area contributed by atoms with Crippen LogP contribution in [0, 0.1) is 0 Å². The van der Waals surface area contributed by atoms with E-state index in [4.69, 9.17) is 31.2 Å². The van der Waals surface area contributed by atoms with Crippen LogP contribution in [0.2, 0.25) is 0 Å². The molecule has 2 aromatic carbocycles. The summed E-state index contributed by atoms with van der Waals surface area (Å²) >= 11 is 6.72. The first kappa shape index (κ1) is 26.0. The average Bonchev–Trinajstić information content (AvgIpc) is 3.48. The standard InChI is InChI=1S/C26H28N2O6S2/c1-3-32-22-12-17(13-23-25(30)28(26(35)36-23)15-20-8-5-11-33-20)9-10-21(22)34-16-24(29)27-18-6-4-7-19(14-18)31-2/h4,6-7,9-10,12-14,20H,3,5,8,11,15-16H2,1-2H3,(H,27,29)/b23-13-/t20-/m0/s1. The number of hydrogen-bond acceptors (Lipinski definition) is 8. The molecule has 1 N–H and O–H groups in total. The molecule has 4 rings (SSSR count). The number of hydrogen-bond donors (Lipinski definition) is 1. The normalized spacial score (nSPS) is 18.6. The summed E-state index contributed by atoms with van der Waals surface area (Å²) in [4.78, 5) is 27.5. The number of rotatable bonds is 10. The Labute approximate surface area is 219 Å². The topological polar surface area (TPSA) is 86.3 Å². The van der Waals surface area contributed by atoms with Gasteiger partial charge >= 0.3 is 0 Å². The first-order chi connectivity index (χ1) is 17.5. The molecule has 0 radical (unpaired) electrons. The van der Waals surface area contributed by atoms with Crippen molar-refractivity contribution >= 4 is 51.9 Å². The minimum atomic E-state index is -0.315. The van der Waals surface area contributed by atoms with Crippen molar-refractivity contribution in [1.82, 2.24) is 4.90 Å². The van der Waals surface area contributed by atoms with Crippen LogP contribution in [0.25, 0.3) is 6.08 Å². The molecule has 0 saturated carbocycles. The number of thioether (sulfide) groups is 1. The zero-order chi connectivity index (χ0) is 25.5. The number of nitrogens with one attached hydrogen (secondary N) is 1. The molecule has 190 valence electrons. The molecule has 0 aliphatic carbocycles. The van der Waals surface area contributed by atoms with Crippen molar-refractivity contribution in [3.05, 3.63) is 52.9 Å². The Morgan fingerprint density at radius 3 is 2.86 bits per heavy atom. The molecule has 1 atom stereocenters. The van der Waals surface area contributed by atoms with E-state index in [1.807, 2.05) is 13.0 Å². The van der Waals surface area contributed by atoms with Crippen molar-refractivity contribution in [2.45, 2.75) is 25.9 Å². The van der Waals surface area contributed by atoms with Crippen LogP contribution >= 0.6 is 24.0 Å². The lowest BCUT2D eigenvalue weighted by Gasteiger charge is -2.18. The van der Waals surface area contributed by atoms with Crippen molar-refractivity contribution in [2.75, 3.05) is 38.8 Å². The number of amides is 2. The molecule has 8 nitrogen and oxygen atoms in total. The van der Waals surface area contributed by atoms with E-state index in [2.05, 4.69) is 5.32 Å². The molecule has 2 fully saturated rings. The maximum atomic E-state index is 12.9. The van der Waals surface area contributed by atoms with Crippen LogP contribution in [0.15, 0.2) is 47.4 Å². The van der Waals surface area contributed by atoms with E-state index in [0.717, 1.165) is 25.0 Å². The lowest BCUT2D eigenvalue weighted by atomic mass is 10.1. The van der Waals surface area contributed by atoms with Gasteiger partial charge < -0.3 is 24.3 Å². The molecular formula is C26H28N2O6S2. The molecule has 2 heterocycles. The Morgan fingerprint density at radius 2 is 2.11 bits per heavy atom. The maximum Gasteiger partial charge on any atom is 0.266 e. The third-order valence-electron chi connectivity index (χ3n) is 5.56. The van der Waals surface area contributed by atoms with Crippen molar-refractivity contribution in [3.8, 4) is 17.2 Å². The Hall–Kier alpha value is -3.08. The second kappa shape index (κ2) is 12.2. The maximum absolute atomic E-state index is 12.9. The Morgan fingerprint density at radius 1 is 1.25 bits per heavy atom. The molecule has 10 heteroatoms. The quantitative estimate of drug-likeness (QED) is 0.357. The smallest absolute Gasteiger partial charge is 0.266 e. The highest BCUT2D eigenvalue weighted by Gasteiger charge is 2.34. The molecule has 2 aliphatic rings. The Bertz CT molecular complexity index is 1160. The molecule has 0 aromatic heterocycles. The summed E-state index contributed by atoms with van der Waals surface area (Å²) < 4.78 is 22.8. The highest BCUT2D eigenvalue weighted by molar-refractivity contribution is 8.26. The minimum absolute atomic E-state index is 0.0361. The minimum Gasteiger partial charge on any atom is -0.497 e. The van der Waals surface area contributed by atoms with Gasteiger partial charge in [0.05, 0.1) is 31.3 Å². The summed E-state index contributed by atoms with van der Waals surface area (Å²) in [5.74, 6) is 1.13. The SMILES string of the molecule is CCOc1cc(/C=C2\SC(=S)N(C[C@@H]3CCCO3)C2=O)ccc1OCC(=O)Nc1cccc(OC)c1. The van der Waals surface area contributed by atoms with Gasteiger partial charge in [-0.1, -0.05) is 36.1 Å². The summed E-state index contributed by atoms with van der Waals surface area (Å²) in [7, 11) is 1.57. The largest absolute Gasteiger partial charge is 0.497 e. The van der Waals surface area contributed by atoms with Crippen molar-refractivity contribution < 1.29 is 28.5 Å². The summed E-state index contributed by atoms with van der Waals surface area (Å²) in [5, 5.41) is 2.78. The molecule has 0 bridgehead atoms. The van der Waals surface area contributed by atoms with E-state index in [1.165, 1.54) is 11.8 Å². The van der Waals surface area contributed by atoms with Gasteiger partial charge in [-0.25, -0.2) is 0 Å². The number of carbonyl (C=O) groups is 2. The Balaban J connectivity index is 1.41. The predicted molar refractivity (Wildman–Crippen MR) is 144 cm³/mol. The number of thiocarbonyl (C=S) groups is 1. The number of ether oxygens (including phenoxy) is 4. The fourth-order valence-corrected chi connectivity index (χ4v) is 5.12. The molecule has 2 aliphatic heterocycles. The number of carbonyl (C=O) groups excluding carboxylic acids is 2. The van der Waals surface area contributed by atoms with Crippen LogP contribution in [0.5, 0.6) is 17.2 Å². The van der Waals surface area contributed by atoms with Crippen LogP contribution < -0.4 is 19.5 Å². The molecular weight excluding hydrogens is 500 g/mol. The van der Waals surface area contributed by atoms with Crippen LogP contribution in [0.3, 0.4) is 0 Å². The third-order valence-corrected chi connectivity index (χ3v) is 6.94. The zero-order valence-electron chi connectivity index (χ0n) is 20.2. The van der Waals surface area contributed by atoms with Crippen molar-refractivity contribution in [2.24, 2.45) is 0 Å².